The van der Waals surface area contributed by atoms with Gasteiger partial charge in [0.1, 0.15) is 0 Å². The fraction of sp³-hybridized carbons (Fsp3) is 0.250. The van der Waals surface area contributed by atoms with Crippen molar-refractivity contribution in [2.75, 3.05) is 0 Å². The van der Waals surface area contributed by atoms with E-state index in [2.05, 4.69) is 10.3 Å². The molecule has 0 aliphatic heterocycles. The Morgan fingerprint density at radius 1 is 1.32 bits per heavy atom. The molecule has 0 unspecified atom stereocenters. The van der Waals surface area contributed by atoms with Gasteiger partial charge in [0, 0.05) is 4.88 Å². The van der Waals surface area contributed by atoms with Crippen LogP contribution in [-0.4, -0.2) is 15.0 Å². The zero-order chi connectivity index (χ0) is 18.4. The summed E-state index contributed by atoms with van der Waals surface area (Å²) in [6.45, 7) is 3.23. The lowest BCUT2D eigenvalue weighted by Gasteiger charge is -2.13. The van der Waals surface area contributed by atoms with Crippen molar-refractivity contribution in [3.8, 4) is 6.07 Å². The number of halogens is 3. The van der Waals surface area contributed by atoms with Gasteiger partial charge in [-0.15, -0.1) is 16.4 Å². The first-order chi connectivity index (χ1) is 11.7. The molecular formula is C16H11F3N4OS. The second-order valence-electron chi connectivity index (χ2n) is 5.50. The van der Waals surface area contributed by atoms with Gasteiger partial charge < -0.3 is 0 Å². The Kier molecular flexibility index (Phi) is 4.08. The van der Waals surface area contributed by atoms with Crippen LogP contribution >= 0.6 is 11.3 Å². The van der Waals surface area contributed by atoms with E-state index in [0.717, 1.165) is 21.2 Å². The molecule has 9 heteroatoms. The Morgan fingerprint density at radius 3 is 2.68 bits per heavy atom. The van der Waals surface area contributed by atoms with Crippen molar-refractivity contribution in [1.82, 2.24) is 15.0 Å². The van der Waals surface area contributed by atoms with Gasteiger partial charge in [0.25, 0.3) is 5.56 Å². The van der Waals surface area contributed by atoms with E-state index in [1.54, 1.807) is 13.0 Å². The van der Waals surface area contributed by atoms with E-state index in [9.17, 15) is 18.0 Å². The van der Waals surface area contributed by atoms with Crippen molar-refractivity contribution < 1.29 is 13.2 Å². The van der Waals surface area contributed by atoms with E-state index in [4.69, 9.17) is 5.26 Å². The van der Waals surface area contributed by atoms with Gasteiger partial charge in [0.05, 0.1) is 29.1 Å². The fourth-order valence-corrected chi connectivity index (χ4v) is 3.47. The molecule has 2 heterocycles. The van der Waals surface area contributed by atoms with Crippen LogP contribution in [0.5, 0.6) is 0 Å². The maximum atomic E-state index is 13.3. The van der Waals surface area contributed by atoms with Gasteiger partial charge in [-0.1, -0.05) is 11.3 Å². The van der Waals surface area contributed by atoms with Crippen molar-refractivity contribution >= 4 is 21.6 Å². The summed E-state index contributed by atoms with van der Waals surface area (Å²) >= 11 is 1.32. The molecule has 0 atom stereocenters. The Morgan fingerprint density at radius 2 is 2.04 bits per heavy atom. The zero-order valence-corrected chi connectivity index (χ0v) is 14.0. The molecule has 0 saturated carbocycles. The van der Waals surface area contributed by atoms with Crippen LogP contribution in [0.4, 0.5) is 13.2 Å². The van der Waals surface area contributed by atoms with Crippen LogP contribution in [-0.2, 0) is 12.7 Å². The molecule has 5 nitrogen and oxygen atoms in total. The molecule has 0 N–H and O–H groups in total. The highest BCUT2D eigenvalue weighted by atomic mass is 32.1. The van der Waals surface area contributed by atoms with E-state index >= 15 is 0 Å². The SMILES string of the molecule is Cc1sc2nnn(Cc3ccc(C#N)cc3C(F)(F)F)c(=O)c2c1C. The molecule has 0 aliphatic rings. The van der Waals surface area contributed by atoms with Gasteiger partial charge >= 0.3 is 6.18 Å². The highest BCUT2D eigenvalue weighted by Crippen LogP contribution is 2.33. The molecule has 0 amide bonds. The van der Waals surface area contributed by atoms with E-state index < -0.39 is 17.3 Å². The lowest BCUT2D eigenvalue weighted by molar-refractivity contribution is -0.138. The molecule has 2 aromatic heterocycles. The molecule has 3 aromatic rings. The minimum atomic E-state index is -4.64. The Labute approximate surface area is 143 Å². The van der Waals surface area contributed by atoms with E-state index in [-0.39, 0.29) is 17.7 Å². The third kappa shape index (κ3) is 3.00. The fourth-order valence-electron chi connectivity index (χ4n) is 2.51. The predicted molar refractivity (Wildman–Crippen MR) is 86.4 cm³/mol. The van der Waals surface area contributed by atoms with Crippen LogP contribution in [0.2, 0.25) is 0 Å². The summed E-state index contributed by atoms with van der Waals surface area (Å²) in [7, 11) is 0. The van der Waals surface area contributed by atoms with Gasteiger partial charge in [-0.05, 0) is 37.1 Å². The number of fused-ring (bicyclic) bond motifs is 1. The quantitative estimate of drug-likeness (QED) is 0.699. The second-order valence-corrected chi connectivity index (χ2v) is 6.70. The molecule has 3 rings (SSSR count). The van der Waals surface area contributed by atoms with Crippen molar-refractivity contribution in [1.29, 1.82) is 5.26 Å². The number of nitriles is 1. The summed E-state index contributed by atoms with van der Waals surface area (Å²) < 4.78 is 40.7. The first-order valence-corrected chi connectivity index (χ1v) is 7.97. The Balaban J connectivity index is 2.14. The van der Waals surface area contributed by atoms with Gasteiger partial charge in [-0.3, -0.25) is 4.79 Å². The molecule has 0 aliphatic carbocycles. The summed E-state index contributed by atoms with van der Waals surface area (Å²) in [4.78, 5) is 14.0. The van der Waals surface area contributed by atoms with E-state index in [1.807, 2.05) is 6.92 Å². The lowest BCUT2D eigenvalue weighted by Crippen LogP contribution is -2.26. The van der Waals surface area contributed by atoms with Crippen LogP contribution in [0.3, 0.4) is 0 Å². The largest absolute Gasteiger partial charge is 0.416 e. The normalized spacial score (nSPS) is 11.7. The second kappa shape index (κ2) is 5.97. The number of alkyl halides is 3. The standard InChI is InChI=1S/C16H11F3N4OS/c1-8-9(2)25-14-13(8)15(24)23(22-21-14)7-11-4-3-10(6-20)5-12(11)16(17,18)19/h3-5H,7H2,1-2H3. The predicted octanol–water partition coefficient (Wildman–Crippen LogP) is 3.41. The summed E-state index contributed by atoms with van der Waals surface area (Å²) in [6, 6.07) is 4.92. The first-order valence-electron chi connectivity index (χ1n) is 7.16. The van der Waals surface area contributed by atoms with E-state index in [1.165, 1.54) is 23.5 Å². The number of nitrogens with zero attached hydrogens (tertiary/aromatic N) is 4. The highest BCUT2D eigenvalue weighted by Gasteiger charge is 2.34. The molecule has 0 spiro atoms. The number of benzene rings is 1. The number of rotatable bonds is 2. The van der Waals surface area contributed by atoms with Gasteiger partial charge in [-0.25, -0.2) is 4.68 Å². The summed E-state index contributed by atoms with van der Waals surface area (Å²) in [5.74, 6) is 0. The topological polar surface area (TPSA) is 71.6 Å². The maximum Gasteiger partial charge on any atom is 0.416 e. The van der Waals surface area contributed by atoms with Crippen molar-refractivity contribution in [2.45, 2.75) is 26.6 Å². The molecule has 0 fully saturated rings. The Bertz CT molecular complexity index is 1080. The number of thiophene rings is 1. The average molecular weight is 364 g/mol. The Hall–Kier alpha value is -2.73. The molecule has 25 heavy (non-hydrogen) atoms. The molecular weight excluding hydrogens is 353 g/mol. The average Bonchev–Trinajstić information content (AvgIpc) is 2.85. The van der Waals surface area contributed by atoms with Crippen molar-refractivity contribution in [2.24, 2.45) is 0 Å². The number of hydrogen-bond donors (Lipinski definition) is 0. The van der Waals surface area contributed by atoms with Crippen LogP contribution in [0.25, 0.3) is 10.2 Å². The smallest absolute Gasteiger partial charge is 0.267 e. The number of hydrogen-bond acceptors (Lipinski definition) is 5. The first kappa shape index (κ1) is 17.1. The minimum Gasteiger partial charge on any atom is -0.267 e. The third-order valence-corrected chi connectivity index (χ3v) is 5.01. The molecule has 1 aromatic carbocycles. The lowest BCUT2D eigenvalue weighted by atomic mass is 10.0. The van der Waals surface area contributed by atoms with Crippen LogP contribution < -0.4 is 5.56 Å². The van der Waals surface area contributed by atoms with E-state index in [0.29, 0.717) is 10.2 Å². The summed E-state index contributed by atoms with van der Waals surface area (Å²) in [5, 5.41) is 16.9. The third-order valence-electron chi connectivity index (χ3n) is 3.92. The zero-order valence-electron chi connectivity index (χ0n) is 13.2. The minimum absolute atomic E-state index is 0.103. The molecule has 128 valence electrons. The molecule has 0 radical (unpaired) electrons. The summed E-state index contributed by atoms with van der Waals surface area (Å²) in [6.07, 6.45) is -4.64. The van der Waals surface area contributed by atoms with Gasteiger partial charge in [0.2, 0.25) is 0 Å². The number of aryl methyl sites for hydroxylation is 2. The van der Waals surface area contributed by atoms with Crippen LogP contribution in [0.15, 0.2) is 23.0 Å². The number of aromatic nitrogens is 3. The monoisotopic (exact) mass is 364 g/mol. The van der Waals surface area contributed by atoms with Crippen LogP contribution in [0, 0.1) is 25.2 Å². The molecule has 0 bridgehead atoms. The van der Waals surface area contributed by atoms with Crippen molar-refractivity contribution in [3.63, 3.8) is 0 Å². The maximum absolute atomic E-state index is 13.3. The van der Waals surface area contributed by atoms with Gasteiger partial charge in [0.15, 0.2) is 4.83 Å². The molecule has 0 saturated heterocycles. The summed E-state index contributed by atoms with van der Waals surface area (Å²) in [5.41, 5.74) is -0.937. The highest BCUT2D eigenvalue weighted by molar-refractivity contribution is 7.18. The van der Waals surface area contributed by atoms with Gasteiger partial charge in [-0.2, -0.15) is 18.4 Å². The van der Waals surface area contributed by atoms with Crippen molar-refractivity contribution in [3.05, 3.63) is 55.7 Å². The van der Waals surface area contributed by atoms with Crippen LogP contribution in [0.1, 0.15) is 27.1 Å².